The molecule has 0 saturated heterocycles. The van der Waals surface area contributed by atoms with Gasteiger partial charge in [-0.25, -0.2) is 4.39 Å². The molecular weight excluding hydrogens is 348 g/mol. The molecule has 0 bridgehead atoms. The summed E-state index contributed by atoms with van der Waals surface area (Å²) in [6, 6.07) is 5.52. The molecule has 1 saturated carbocycles. The molecule has 0 heterocycles. The second-order valence-electron chi connectivity index (χ2n) is 6.66. The van der Waals surface area contributed by atoms with Gasteiger partial charge in [-0.1, -0.05) is 43.1 Å². The van der Waals surface area contributed by atoms with Crippen molar-refractivity contribution in [1.82, 2.24) is 5.32 Å². The fourth-order valence-electron chi connectivity index (χ4n) is 2.47. The Morgan fingerprint density at radius 2 is 2.08 bits per heavy atom. The van der Waals surface area contributed by atoms with Crippen molar-refractivity contribution in [2.75, 3.05) is 6.54 Å². The Morgan fingerprint density at radius 1 is 1.38 bits per heavy atom. The summed E-state index contributed by atoms with van der Waals surface area (Å²) < 4.78 is 14.2. The van der Waals surface area contributed by atoms with Gasteiger partial charge in [0.05, 0.1) is 10.0 Å². The average molecular weight is 370 g/mol. The minimum Gasteiger partial charge on any atom is -0.352 e. The summed E-state index contributed by atoms with van der Waals surface area (Å²) in [6.45, 7) is 6.20. The first-order chi connectivity index (χ1) is 11.3. The Hall–Kier alpha value is -1.32. The largest absolute Gasteiger partial charge is 0.352 e. The van der Waals surface area contributed by atoms with E-state index in [0.717, 1.165) is 12.0 Å². The van der Waals surface area contributed by atoms with Crippen LogP contribution in [0.4, 0.5) is 4.39 Å². The molecule has 2 atom stereocenters. The quantitative estimate of drug-likeness (QED) is 0.507. The molecule has 1 N–H and O–H groups in total. The van der Waals surface area contributed by atoms with E-state index in [1.165, 1.54) is 6.08 Å². The summed E-state index contributed by atoms with van der Waals surface area (Å²) in [4.78, 5) is 11.7. The number of hydrogen-bond donors (Lipinski definition) is 1. The first-order valence-electron chi connectivity index (χ1n) is 8.06. The Balaban J connectivity index is 1.96. The van der Waals surface area contributed by atoms with Gasteiger partial charge in [0.1, 0.15) is 5.83 Å². The first-order valence-corrected chi connectivity index (χ1v) is 8.82. The molecule has 1 amide bonds. The molecular formula is C19H22Cl2FNO. The van der Waals surface area contributed by atoms with Crippen molar-refractivity contribution in [2.24, 2.45) is 11.8 Å². The smallest absolute Gasteiger partial charge is 0.244 e. The van der Waals surface area contributed by atoms with Gasteiger partial charge < -0.3 is 5.32 Å². The van der Waals surface area contributed by atoms with Crippen molar-refractivity contribution in [2.45, 2.75) is 33.1 Å². The predicted octanol–water partition coefficient (Wildman–Crippen LogP) is 5.67. The third-order valence-electron chi connectivity index (χ3n) is 3.98. The maximum absolute atomic E-state index is 14.2. The number of rotatable bonds is 6. The highest BCUT2D eigenvalue weighted by Gasteiger charge is 2.37. The lowest BCUT2D eigenvalue weighted by Crippen LogP contribution is -2.25. The van der Waals surface area contributed by atoms with Crippen molar-refractivity contribution < 1.29 is 9.18 Å². The van der Waals surface area contributed by atoms with Crippen molar-refractivity contribution in [3.63, 3.8) is 0 Å². The molecule has 0 aliphatic heterocycles. The molecule has 1 aromatic carbocycles. The van der Waals surface area contributed by atoms with Crippen LogP contribution < -0.4 is 5.32 Å². The topological polar surface area (TPSA) is 29.1 Å². The van der Waals surface area contributed by atoms with Gasteiger partial charge in [-0.3, -0.25) is 4.79 Å². The minimum absolute atomic E-state index is 0.129. The van der Waals surface area contributed by atoms with Crippen LogP contribution in [0.25, 0.3) is 0 Å². The van der Waals surface area contributed by atoms with Crippen LogP contribution in [-0.2, 0) is 4.79 Å². The Labute approximate surface area is 152 Å². The highest BCUT2D eigenvalue weighted by molar-refractivity contribution is 6.42. The standard InChI is InChI=1S/C19H22Cl2FNO/c1-11(2)10-23-19(24)6-12(3)18(22)9-14-7-15(14)13-4-5-16(20)17(21)8-13/h4-6,8-9,11,14-15H,7,10H2,1-3H3,(H,23,24)/b12-6+,18-9-/t14-,15-/m0/s1. The monoisotopic (exact) mass is 369 g/mol. The molecule has 0 unspecified atom stereocenters. The number of carbonyl (C=O) groups is 1. The second kappa shape index (κ2) is 8.17. The molecule has 0 aromatic heterocycles. The molecule has 24 heavy (non-hydrogen) atoms. The lowest BCUT2D eigenvalue weighted by Gasteiger charge is -2.05. The Morgan fingerprint density at radius 3 is 2.71 bits per heavy atom. The minimum atomic E-state index is -0.345. The van der Waals surface area contributed by atoms with Crippen LogP contribution in [0.3, 0.4) is 0 Å². The summed E-state index contributed by atoms with van der Waals surface area (Å²) in [5, 5.41) is 3.78. The molecule has 130 valence electrons. The number of amides is 1. The molecule has 2 rings (SSSR count). The number of nitrogens with one attached hydrogen (secondary N) is 1. The van der Waals surface area contributed by atoms with Crippen LogP contribution >= 0.6 is 23.2 Å². The molecule has 1 aromatic rings. The third-order valence-corrected chi connectivity index (χ3v) is 4.72. The molecule has 5 heteroatoms. The number of hydrogen-bond acceptors (Lipinski definition) is 1. The van der Waals surface area contributed by atoms with Crippen LogP contribution in [0.2, 0.25) is 10.0 Å². The third kappa shape index (κ3) is 5.35. The lowest BCUT2D eigenvalue weighted by atomic mass is 10.1. The van der Waals surface area contributed by atoms with E-state index in [4.69, 9.17) is 23.2 Å². The number of allylic oxidation sites excluding steroid dienone is 3. The SMILES string of the molecule is CC(=C\C(=O)NCC(C)C)/C(F)=C/[C@@H]1C[C@H]1c1ccc(Cl)c(Cl)c1. The second-order valence-corrected chi connectivity index (χ2v) is 7.47. The summed E-state index contributed by atoms with van der Waals surface area (Å²) in [5.41, 5.74) is 1.41. The van der Waals surface area contributed by atoms with Gasteiger partial charge in [0.15, 0.2) is 0 Å². The van der Waals surface area contributed by atoms with Gasteiger partial charge in [0, 0.05) is 12.6 Å². The van der Waals surface area contributed by atoms with Gasteiger partial charge >= 0.3 is 0 Å². The van der Waals surface area contributed by atoms with E-state index in [0.29, 0.717) is 28.1 Å². The zero-order valence-corrected chi connectivity index (χ0v) is 15.6. The number of benzene rings is 1. The van der Waals surface area contributed by atoms with Gasteiger partial charge in [-0.05, 0) is 60.4 Å². The number of halogens is 3. The van der Waals surface area contributed by atoms with Gasteiger partial charge in [0.25, 0.3) is 0 Å². The predicted molar refractivity (Wildman–Crippen MR) is 98.1 cm³/mol. The zero-order chi connectivity index (χ0) is 17.9. The summed E-state index contributed by atoms with van der Waals surface area (Å²) >= 11 is 11.9. The van der Waals surface area contributed by atoms with E-state index in [1.54, 1.807) is 19.1 Å². The molecule has 1 fully saturated rings. The first kappa shape index (κ1) is 19.0. The van der Waals surface area contributed by atoms with Crippen LogP contribution in [0.1, 0.15) is 38.7 Å². The van der Waals surface area contributed by atoms with Crippen LogP contribution in [0.15, 0.2) is 41.8 Å². The molecule has 1 aliphatic carbocycles. The highest BCUT2D eigenvalue weighted by atomic mass is 35.5. The molecule has 0 radical (unpaired) electrons. The normalized spacial score (nSPS) is 21.1. The lowest BCUT2D eigenvalue weighted by molar-refractivity contribution is -0.116. The van der Waals surface area contributed by atoms with Crippen LogP contribution in [0, 0.1) is 11.8 Å². The Kier molecular flexibility index (Phi) is 6.47. The van der Waals surface area contributed by atoms with Crippen molar-refractivity contribution in [1.29, 1.82) is 0 Å². The Bertz CT molecular complexity index is 682. The fourth-order valence-corrected chi connectivity index (χ4v) is 2.77. The van der Waals surface area contributed by atoms with E-state index in [2.05, 4.69) is 5.32 Å². The van der Waals surface area contributed by atoms with Gasteiger partial charge in [-0.15, -0.1) is 0 Å². The molecule has 2 nitrogen and oxygen atoms in total. The van der Waals surface area contributed by atoms with E-state index in [1.807, 2.05) is 26.0 Å². The maximum atomic E-state index is 14.2. The van der Waals surface area contributed by atoms with Crippen LogP contribution in [-0.4, -0.2) is 12.5 Å². The van der Waals surface area contributed by atoms with Gasteiger partial charge in [0.2, 0.25) is 5.91 Å². The van der Waals surface area contributed by atoms with Crippen molar-refractivity contribution >= 4 is 29.1 Å². The van der Waals surface area contributed by atoms with E-state index >= 15 is 0 Å². The maximum Gasteiger partial charge on any atom is 0.244 e. The molecule has 0 spiro atoms. The van der Waals surface area contributed by atoms with Crippen molar-refractivity contribution in [3.8, 4) is 0 Å². The van der Waals surface area contributed by atoms with Gasteiger partial charge in [-0.2, -0.15) is 0 Å². The number of carbonyl (C=O) groups excluding carboxylic acids is 1. The van der Waals surface area contributed by atoms with E-state index < -0.39 is 0 Å². The van der Waals surface area contributed by atoms with E-state index in [-0.39, 0.29) is 23.6 Å². The van der Waals surface area contributed by atoms with E-state index in [9.17, 15) is 9.18 Å². The van der Waals surface area contributed by atoms with Crippen LogP contribution in [0.5, 0.6) is 0 Å². The summed E-state index contributed by atoms with van der Waals surface area (Å²) in [6.07, 6.45) is 3.78. The summed E-state index contributed by atoms with van der Waals surface area (Å²) in [7, 11) is 0. The summed E-state index contributed by atoms with van der Waals surface area (Å²) in [5.74, 6) is 0.141. The zero-order valence-electron chi connectivity index (χ0n) is 14.1. The fraction of sp³-hybridized carbons (Fsp3) is 0.421. The highest BCUT2D eigenvalue weighted by Crippen LogP contribution is 2.50. The molecule has 1 aliphatic rings. The van der Waals surface area contributed by atoms with Crippen molar-refractivity contribution in [3.05, 3.63) is 57.4 Å². The average Bonchev–Trinajstić information content (AvgIpc) is 3.27.